The molecule has 0 bridgehead atoms. The van der Waals surface area contributed by atoms with Crippen LogP contribution in [0.3, 0.4) is 0 Å². The first-order valence-corrected chi connectivity index (χ1v) is 9.93. The molecule has 1 aromatic carbocycles. The van der Waals surface area contributed by atoms with Crippen molar-refractivity contribution in [3.63, 3.8) is 0 Å². The van der Waals surface area contributed by atoms with E-state index in [0.717, 1.165) is 32.1 Å². The molecule has 28 heavy (non-hydrogen) atoms. The van der Waals surface area contributed by atoms with Crippen LogP contribution in [-0.2, 0) is 4.79 Å². The molecule has 0 saturated heterocycles. The Balaban J connectivity index is 0.00000280. The molecule has 1 amide bonds. The highest BCUT2D eigenvalue weighted by Crippen LogP contribution is 2.44. The van der Waals surface area contributed by atoms with Gasteiger partial charge < -0.3 is 15.5 Å². The predicted molar refractivity (Wildman–Crippen MR) is 122 cm³/mol. The Morgan fingerprint density at radius 2 is 2.00 bits per heavy atom. The van der Waals surface area contributed by atoms with Crippen LogP contribution in [0.25, 0.3) is 0 Å². The van der Waals surface area contributed by atoms with E-state index >= 15 is 0 Å². The van der Waals surface area contributed by atoms with E-state index in [-0.39, 0.29) is 59.6 Å². The van der Waals surface area contributed by atoms with Crippen LogP contribution < -0.4 is 10.6 Å². The smallest absolute Gasteiger partial charge is 0.225 e. The van der Waals surface area contributed by atoms with Crippen molar-refractivity contribution >= 4 is 47.4 Å². The number of hydrogen-bond donors (Lipinski definition) is 2. The number of aliphatic imine (C=N–C) groups is 1. The summed E-state index contributed by atoms with van der Waals surface area (Å²) in [6.07, 6.45) is 4.62. The van der Waals surface area contributed by atoms with Crippen molar-refractivity contribution in [3.05, 3.63) is 34.6 Å². The van der Waals surface area contributed by atoms with Gasteiger partial charge in [0.1, 0.15) is 5.82 Å². The van der Waals surface area contributed by atoms with Crippen molar-refractivity contribution in [3.8, 4) is 0 Å². The molecule has 0 aromatic heterocycles. The summed E-state index contributed by atoms with van der Waals surface area (Å²) in [6.45, 7) is 0. The Morgan fingerprint density at radius 1 is 1.25 bits per heavy atom. The first-order chi connectivity index (χ1) is 12.9. The Labute approximate surface area is 188 Å². The van der Waals surface area contributed by atoms with E-state index in [1.54, 1.807) is 38.2 Å². The van der Waals surface area contributed by atoms with Gasteiger partial charge in [-0.05, 0) is 37.8 Å². The largest absolute Gasteiger partial charge is 0.354 e. The number of nitrogens with zero attached hydrogens (tertiary/aromatic N) is 2. The fourth-order valence-corrected chi connectivity index (χ4v) is 4.29. The van der Waals surface area contributed by atoms with Gasteiger partial charge >= 0.3 is 0 Å². The molecule has 0 heterocycles. The number of guanidine groups is 1. The summed E-state index contributed by atoms with van der Waals surface area (Å²) >= 11 is 6.18. The van der Waals surface area contributed by atoms with Crippen molar-refractivity contribution in [2.45, 2.75) is 50.1 Å². The van der Waals surface area contributed by atoms with Crippen LogP contribution in [0.2, 0.25) is 5.02 Å². The zero-order chi connectivity index (χ0) is 19.6. The van der Waals surface area contributed by atoms with Crippen molar-refractivity contribution in [1.29, 1.82) is 0 Å². The molecule has 8 heteroatoms. The Kier molecular flexibility index (Phi) is 8.36. The van der Waals surface area contributed by atoms with Crippen LogP contribution in [0, 0.1) is 11.7 Å². The lowest BCUT2D eigenvalue weighted by molar-refractivity contribution is -0.134. The van der Waals surface area contributed by atoms with Crippen LogP contribution >= 0.6 is 35.6 Å². The Bertz CT molecular complexity index is 710. The molecule has 156 valence electrons. The third-order valence-corrected chi connectivity index (χ3v) is 5.84. The number of carbonyl (C=O) groups excluding carboxylic acids is 1. The SMILES string of the molecule is CN=C(NC1CCCC(C(=O)N(C)C)C1)NC1CC1c1c(F)cccc1Cl.I. The van der Waals surface area contributed by atoms with Crippen LogP contribution in [0.4, 0.5) is 4.39 Å². The highest BCUT2D eigenvalue weighted by molar-refractivity contribution is 14.0. The van der Waals surface area contributed by atoms with E-state index in [0.29, 0.717) is 16.5 Å². The normalized spacial score (nSPS) is 26.8. The molecule has 4 unspecified atom stereocenters. The van der Waals surface area contributed by atoms with E-state index in [2.05, 4.69) is 15.6 Å². The van der Waals surface area contributed by atoms with Crippen LogP contribution in [0.1, 0.15) is 43.6 Å². The average Bonchev–Trinajstić information content (AvgIpc) is 3.39. The minimum atomic E-state index is -0.253. The second-order valence-electron chi connectivity index (χ2n) is 7.74. The zero-order valence-corrected chi connectivity index (χ0v) is 19.6. The van der Waals surface area contributed by atoms with E-state index in [4.69, 9.17) is 11.6 Å². The quantitative estimate of drug-likeness (QED) is 0.360. The number of halogens is 3. The molecule has 2 N–H and O–H groups in total. The third-order valence-electron chi connectivity index (χ3n) is 5.51. The number of carbonyl (C=O) groups is 1. The van der Waals surface area contributed by atoms with Crippen LogP contribution in [0.15, 0.2) is 23.2 Å². The zero-order valence-electron chi connectivity index (χ0n) is 16.5. The van der Waals surface area contributed by atoms with Crippen molar-refractivity contribution in [1.82, 2.24) is 15.5 Å². The minimum absolute atomic E-state index is 0. The monoisotopic (exact) mass is 522 g/mol. The molecule has 2 aliphatic carbocycles. The van der Waals surface area contributed by atoms with Gasteiger partial charge in [0.2, 0.25) is 5.91 Å². The second kappa shape index (κ2) is 10.1. The van der Waals surface area contributed by atoms with E-state index in [1.165, 1.54) is 6.07 Å². The summed E-state index contributed by atoms with van der Waals surface area (Å²) in [4.78, 5) is 18.2. The molecule has 0 radical (unpaired) electrons. The summed E-state index contributed by atoms with van der Waals surface area (Å²) < 4.78 is 14.1. The fraction of sp³-hybridized carbons (Fsp3) is 0.600. The molecule has 2 fully saturated rings. The molecule has 3 rings (SSSR count). The third kappa shape index (κ3) is 5.49. The molecule has 0 spiro atoms. The van der Waals surface area contributed by atoms with E-state index in [1.807, 2.05) is 0 Å². The highest BCUT2D eigenvalue weighted by atomic mass is 127. The number of nitrogens with one attached hydrogen (secondary N) is 2. The molecule has 2 aliphatic rings. The molecular formula is C20H29ClFIN4O. The van der Waals surface area contributed by atoms with Gasteiger partial charge in [0, 0.05) is 55.6 Å². The molecule has 4 atom stereocenters. The highest BCUT2D eigenvalue weighted by Gasteiger charge is 2.42. The summed E-state index contributed by atoms with van der Waals surface area (Å²) in [5.41, 5.74) is 0.585. The standard InChI is InChI=1S/C20H28ClFN4O.HI/c1-23-20(24-13-7-4-6-12(10-13)19(27)26(2)3)25-17-11-14(17)18-15(21)8-5-9-16(18)22;/h5,8-9,12-14,17H,4,6-7,10-11H2,1-3H3,(H2,23,24,25);1H. The van der Waals surface area contributed by atoms with Crippen LogP contribution in [-0.4, -0.2) is 50.0 Å². The van der Waals surface area contributed by atoms with Gasteiger partial charge in [-0.15, -0.1) is 24.0 Å². The Morgan fingerprint density at radius 3 is 2.64 bits per heavy atom. The second-order valence-corrected chi connectivity index (χ2v) is 8.15. The lowest BCUT2D eigenvalue weighted by Gasteiger charge is -2.31. The molecule has 0 aliphatic heterocycles. The first kappa shape index (κ1) is 23.2. The van der Waals surface area contributed by atoms with Gasteiger partial charge in [0.15, 0.2) is 5.96 Å². The molecular weight excluding hydrogens is 494 g/mol. The van der Waals surface area contributed by atoms with Gasteiger partial charge in [0.05, 0.1) is 0 Å². The predicted octanol–water partition coefficient (Wildman–Crippen LogP) is 3.77. The summed E-state index contributed by atoms with van der Waals surface area (Å²) in [7, 11) is 5.34. The number of amides is 1. The maximum atomic E-state index is 14.1. The van der Waals surface area contributed by atoms with Crippen molar-refractivity contribution in [2.24, 2.45) is 10.9 Å². The lowest BCUT2D eigenvalue weighted by atomic mass is 9.85. The minimum Gasteiger partial charge on any atom is -0.354 e. The van der Waals surface area contributed by atoms with E-state index < -0.39 is 0 Å². The van der Waals surface area contributed by atoms with Gasteiger partial charge in [-0.25, -0.2) is 4.39 Å². The molecule has 5 nitrogen and oxygen atoms in total. The number of benzene rings is 1. The van der Waals surface area contributed by atoms with Gasteiger partial charge in [0.25, 0.3) is 0 Å². The van der Waals surface area contributed by atoms with Crippen molar-refractivity contribution in [2.75, 3.05) is 21.1 Å². The summed E-state index contributed by atoms with van der Waals surface area (Å²) in [5.74, 6) is 0.776. The average molecular weight is 523 g/mol. The molecule has 1 aromatic rings. The maximum absolute atomic E-state index is 14.1. The first-order valence-electron chi connectivity index (χ1n) is 9.55. The van der Waals surface area contributed by atoms with E-state index in [9.17, 15) is 9.18 Å². The van der Waals surface area contributed by atoms with Gasteiger partial charge in [-0.1, -0.05) is 24.1 Å². The molecule has 2 saturated carbocycles. The lowest BCUT2D eigenvalue weighted by Crippen LogP contribution is -2.47. The van der Waals surface area contributed by atoms with Crippen molar-refractivity contribution < 1.29 is 9.18 Å². The van der Waals surface area contributed by atoms with Gasteiger partial charge in [-0.3, -0.25) is 9.79 Å². The maximum Gasteiger partial charge on any atom is 0.225 e. The number of hydrogen-bond acceptors (Lipinski definition) is 2. The Hall–Kier alpha value is -1.09. The summed E-state index contributed by atoms with van der Waals surface area (Å²) in [5, 5.41) is 7.30. The van der Waals surface area contributed by atoms with Gasteiger partial charge in [-0.2, -0.15) is 0 Å². The fourth-order valence-electron chi connectivity index (χ4n) is 3.99. The summed E-state index contributed by atoms with van der Waals surface area (Å²) in [6, 6.07) is 5.14. The number of rotatable bonds is 4. The van der Waals surface area contributed by atoms with Crippen LogP contribution in [0.5, 0.6) is 0 Å². The topological polar surface area (TPSA) is 56.7 Å².